The monoisotopic (exact) mass is 392 g/mol. The molecular weight excluding hydrogens is 376 g/mol. The normalized spacial score (nSPS) is 11.2. The van der Waals surface area contributed by atoms with Crippen molar-refractivity contribution in [2.24, 2.45) is 10.2 Å². The van der Waals surface area contributed by atoms with Crippen molar-refractivity contribution in [1.82, 2.24) is 0 Å². The first-order chi connectivity index (χ1) is 11.6. The molecule has 0 radical (unpaired) electrons. The third-order valence-electron chi connectivity index (χ3n) is 3.15. The van der Waals surface area contributed by atoms with Gasteiger partial charge in [0.15, 0.2) is 11.5 Å². The smallest absolute Gasteiger partial charge is 0.203 e. The predicted molar refractivity (Wildman–Crippen MR) is 97.1 cm³/mol. The van der Waals surface area contributed by atoms with Crippen LogP contribution >= 0.6 is 15.9 Å². The lowest BCUT2D eigenvalue weighted by molar-refractivity contribution is 0.324. The van der Waals surface area contributed by atoms with Gasteiger partial charge in [-0.25, -0.2) is 0 Å². The third kappa shape index (κ3) is 4.26. The average Bonchev–Trinajstić information content (AvgIpc) is 2.60. The van der Waals surface area contributed by atoms with E-state index >= 15 is 0 Å². The second-order valence-electron chi connectivity index (χ2n) is 4.65. The van der Waals surface area contributed by atoms with Crippen LogP contribution in [0.25, 0.3) is 0 Å². The molecule has 0 heterocycles. The zero-order valence-corrected chi connectivity index (χ0v) is 15.1. The second kappa shape index (κ2) is 8.35. The van der Waals surface area contributed by atoms with Crippen LogP contribution in [0.4, 0.5) is 0 Å². The van der Waals surface area contributed by atoms with Crippen molar-refractivity contribution in [2.45, 2.75) is 0 Å². The maximum absolute atomic E-state index is 9.73. The quantitative estimate of drug-likeness (QED) is 0.601. The molecule has 2 rings (SSSR count). The van der Waals surface area contributed by atoms with E-state index in [9.17, 15) is 5.11 Å². The summed E-state index contributed by atoms with van der Waals surface area (Å²) < 4.78 is 16.7. The summed E-state index contributed by atoms with van der Waals surface area (Å²) >= 11 is 3.34. The Morgan fingerprint density at radius 1 is 0.917 bits per heavy atom. The summed E-state index contributed by atoms with van der Waals surface area (Å²) in [5.74, 6) is 1.71. The Morgan fingerprint density at radius 3 is 2.12 bits per heavy atom. The molecular formula is C17H17BrN2O4. The van der Waals surface area contributed by atoms with Gasteiger partial charge in [0, 0.05) is 15.6 Å². The van der Waals surface area contributed by atoms with Crippen molar-refractivity contribution < 1.29 is 19.3 Å². The van der Waals surface area contributed by atoms with Gasteiger partial charge in [-0.2, -0.15) is 10.2 Å². The first kappa shape index (κ1) is 17.8. The highest BCUT2D eigenvalue weighted by atomic mass is 79.9. The van der Waals surface area contributed by atoms with Crippen LogP contribution in [0.2, 0.25) is 0 Å². The highest BCUT2D eigenvalue weighted by Gasteiger charge is 2.12. The van der Waals surface area contributed by atoms with E-state index in [0.717, 1.165) is 10.0 Å². The lowest BCUT2D eigenvalue weighted by Gasteiger charge is -2.12. The SMILES string of the molecule is COc1cc(/C=N/N=C/c2cc(Br)ccc2O)cc(OC)c1OC. The number of phenolic OH excluding ortho intramolecular Hbond substituents is 1. The fourth-order valence-electron chi connectivity index (χ4n) is 2.00. The zero-order chi connectivity index (χ0) is 17.5. The van der Waals surface area contributed by atoms with Crippen molar-refractivity contribution in [2.75, 3.05) is 21.3 Å². The summed E-state index contributed by atoms with van der Waals surface area (Å²) in [7, 11) is 4.64. The average molecular weight is 393 g/mol. The number of benzene rings is 2. The highest BCUT2D eigenvalue weighted by molar-refractivity contribution is 9.10. The molecule has 0 saturated heterocycles. The van der Waals surface area contributed by atoms with E-state index in [0.29, 0.717) is 22.8 Å². The van der Waals surface area contributed by atoms with Gasteiger partial charge in [-0.1, -0.05) is 15.9 Å². The highest BCUT2D eigenvalue weighted by Crippen LogP contribution is 2.37. The number of halogens is 1. The minimum absolute atomic E-state index is 0.130. The molecule has 0 bridgehead atoms. The van der Waals surface area contributed by atoms with Gasteiger partial charge in [-0.3, -0.25) is 0 Å². The van der Waals surface area contributed by atoms with Crippen LogP contribution in [0, 0.1) is 0 Å². The van der Waals surface area contributed by atoms with E-state index in [1.54, 1.807) is 57.9 Å². The van der Waals surface area contributed by atoms with Crippen LogP contribution in [-0.4, -0.2) is 38.9 Å². The predicted octanol–water partition coefficient (Wildman–Crippen LogP) is 3.63. The number of aromatic hydroxyl groups is 1. The maximum atomic E-state index is 9.73. The molecule has 126 valence electrons. The van der Waals surface area contributed by atoms with E-state index in [1.165, 1.54) is 6.21 Å². The van der Waals surface area contributed by atoms with E-state index in [2.05, 4.69) is 26.1 Å². The number of phenols is 1. The molecule has 0 unspecified atom stereocenters. The molecule has 6 nitrogen and oxygen atoms in total. The Balaban J connectivity index is 2.22. The molecule has 0 saturated carbocycles. The van der Waals surface area contributed by atoms with Crippen LogP contribution in [0.5, 0.6) is 23.0 Å². The molecule has 0 amide bonds. The standard InChI is InChI=1S/C17H17BrN2O4/c1-22-15-6-11(7-16(23-2)17(15)24-3)9-19-20-10-12-8-13(18)4-5-14(12)21/h4-10,21H,1-3H3/b19-9+,20-10+. The van der Waals surface area contributed by atoms with Crippen LogP contribution in [0.15, 0.2) is 45.0 Å². The Hall–Kier alpha value is -2.54. The van der Waals surface area contributed by atoms with Gasteiger partial charge in [0.2, 0.25) is 5.75 Å². The molecule has 0 atom stereocenters. The molecule has 0 spiro atoms. The summed E-state index contributed by atoms with van der Waals surface area (Å²) in [6.07, 6.45) is 3.02. The summed E-state index contributed by atoms with van der Waals surface area (Å²) in [5, 5.41) is 17.7. The fraction of sp³-hybridized carbons (Fsp3) is 0.176. The van der Waals surface area contributed by atoms with Crippen LogP contribution < -0.4 is 14.2 Å². The summed E-state index contributed by atoms with van der Waals surface area (Å²) in [6.45, 7) is 0. The number of rotatable bonds is 6. The molecule has 0 aliphatic heterocycles. The van der Waals surface area contributed by atoms with E-state index in [4.69, 9.17) is 14.2 Å². The number of ether oxygens (including phenoxy) is 3. The van der Waals surface area contributed by atoms with Gasteiger partial charge in [-0.15, -0.1) is 0 Å². The first-order valence-electron chi connectivity index (χ1n) is 6.94. The van der Waals surface area contributed by atoms with Crippen molar-refractivity contribution in [1.29, 1.82) is 0 Å². The molecule has 0 aliphatic rings. The van der Waals surface area contributed by atoms with Crippen LogP contribution in [0.3, 0.4) is 0 Å². The number of hydrogen-bond donors (Lipinski definition) is 1. The molecule has 0 fully saturated rings. The molecule has 2 aromatic carbocycles. The minimum Gasteiger partial charge on any atom is -0.507 e. The number of nitrogens with zero attached hydrogens (tertiary/aromatic N) is 2. The third-order valence-corrected chi connectivity index (χ3v) is 3.64. The molecule has 0 aliphatic carbocycles. The fourth-order valence-corrected chi connectivity index (χ4v) is 2.38. The Kier molecular flexibility index (Phi) is 6.20. The first-order valence-corrected chi connectivity index (χ1v) is 7.73. The van der Waals surface area contributed by atoms with E-state index < -0.39 is 0 Å². The molecule has 1 N–H and O–H groups in total. The topological polar surface area (TPSA) is 72.6 Å². The minimum atomic E-state index is 0.130. The Bertz CT molecular complexity index is 750. The number of methoxy groups -OCH3 is 3. The van der Waals surface area contributed by atoms with Gasteiger partial charge in [0.25, 0.3) is 0 Å². The van der Waals surface area contributed by atoms with Crippen molar-refractivity contribution in [3.05, 3.63) is 45.9 Å². The van der Waals surface area contributed by atoms with Gasteiger partial charge < -0.3 is 19.3 Å². The van der Waals surface area contributed by atoms with Crippen LogP contribution in [0.1, 0.15) is 11.1 Å². The van der Waals surface area contributed by atoms with E-state index in [1.807, 2.05) is 0 Å². The van der Waals surface area contributed by atoms with Crippen molar-refractivity contribution in [3.63, 3.8) is 0 Å². The largest absolute Gasteiger partial charge is 0.507 e. The second-order valence-corrected chi connectivity index (χ2v) is 5.57. The van der Waals surface area contributed by atoms with E-state index in [-0.39, 0.29) is 5.75 Å². The van der Waals surface area contributed by atoms with Gasteiger partial charge in [-0.05, 0) is 30.3 Å². The Morgan fingerprint density at radius 2 is 1.54 bits per heavy atom. The summed E-state index contributed by atoms with van der Waals surface area (Å²) in [4.78, 5) is 0. The van der Waals surface area contributed by atoms with Gasteiger partial charge in [0.1, 0.15) is 5.75 Å². The molecule has 24 heavy (non-hydrogen) atoms. The van der Waals surface area contributed by atoms with Crippen molar-refractivity contribution >= 4 is 28.4 Å². The lowest BCUT2D eigenvalue weighted by Crippen LogP contribution is -1.96. The maximum Gasteiger partial charge on any atom is 0.203 e. The Labute approximate surface area is 148 Å². The van der Waals surface area contributed by atoms with Gasteiger partial charge in [0.05, 0.1) is 33.8 Å². The lowest BCUT2D eigenvalue weighted by atomic mass is 10.2. The molecule has 7 heteroatoms. The van der Waals surface area contributed by atoms with Gasteiger partial charge >= 0.3 is 0 Å². The molecule has 2 aromatic rings. The summed E-state index contributed by atoms with van der Waals surface area (Å²) in [5.41, 5.74) is 1.30. The zero-order valence-electron chi connectivity index (χ0n) is 13.5. The summed E-state index contributed by atoms with van der Waals surface area (Å²) in [6, 6.07) is 8.59. The van der Waals surface area contributed by atoms with Crippen LogP contribution in [-0.2, 0) is 0 Å². The van der Waals surface area contributed by atoms with Crippen molar-refractivity contribution in [3.8, 4) is 23.0 Å². The number of hydrogen-bond acceptors (Lipinski definition) is 6. The molecule has 0 aromatic heterocycles.